The fourth-order valence-corrected chi connectivity index (χ4v) is 3.01. The number of rotatable bonds is 4. The topological polar surface area (TPSA) is 32.8 Å². The van der Waals surface area contributed by atoms with E-state index in [4.69, 9.17) is 4.74 Å². The summed E-state index contributed by atoms with van der Waals surface area (Å²) in [5.41, 5.74) is 2.82. The van der Waals surface area contributed by atoms with Gasteiger partial charge < -0.3 is 9.64 Å². The van der Waals surface area contributed by atoms with Crippen LogP contribution in [0, 0.1) is 6.92 Å². The van der Waals surface area contributed by atoms with E-state index in [0.29, 0.717) is 17.6 Å². The number of hydrogen-bond donors (Lipinski definition) is 0. The molecule has 1 unspecified atom stereocenters. The molecule has 0 bridgehead atoms. The summed E-state index contributed by atoms with van der Waals surface area (Å²) < 4.78 is 4.86. The minimum absolute atomic E-state index is 0.260. The lowest BCUT2D eigenvalue weighted by Gasteiger charge is -2.29. The van der Waals surface area contributed by atoms with Crippen molar-refractivity contribution < 1.29 is 9.53 Å². The first-order chi connectivity index (χ1) is 9.95. The normalized spacial score (nSPS) is 18.6. The number of likely N-dealkylation sites (N-methyl/N-ethyl adjacent to an activating group) is 1. The first-order valence-electron chi connectivity index (χ1n) is 7.60. The maximum Gasteiger partial charge on any atom is 0.338 e. The van der Waals surface area contributed by atoms with Gasteiger partial charge in [0, 0.05) is 30.9 Å². The summed E-state index contributed by atoms with van der Waals surface area (Å²) in [4.78, 5) is 16.6. The first-order valence-corrected chi connectivity index (χ1v) is 7.60. The van der Waals surface area contributed by atoms with Gasteiger partial charge in [0.1, 0.15) is 0 Å². The average molecular weight is 290 g/mol. The van der Waals surface area contributed by atoms with Crippen LogP contribution >= 0.6 is 0 Å². The van der Waals surface area contributed by atoms with E-state index in [1.165, 1.54) is 7.11 Å². The van der Waals surface area contributed by atoms with Crippen LogP contribution in [0.1, 0.15) is 36.2 Å². The molecule has 1 aromatic carbocycles. The van der Waals surface area contributed by atoms with E-state index in [2.05, 4.69) is 36.8 Å². The van der Waals surface area contributed by atoms with E-state index in [1.807, 2.05) is 19.1 Å². The van der Waals surface area contributed by atoms with Gasteiger partial charge in [0.05, 0.1) is 12.7 Å². The number of carbonyl (C=O) groups excluding carboxylic acids is 1. The molecule has 21 heavy (non-hydrogen) atoms. The van der Waals surface area contributed by atoms with Gasteiger partial charge in [-0.1, -0.05) is 6.07 Å². The molecule has 1 fully saturated rings. The summed E-state index contributed by atoms with van der Waals surface area (Å²) in [5.74, 6) is -0.260. The number of methoxy groups -OCH3 is 1. The summed E-state index contributed by atoms with van der Waals surface area (Å²) in [6, 6.07) is 7.00. The van der Waals surface area contributed by atoms with Gasteiger partial charge in [-0.2, -0.15) is 0 Å². The van der Waals surface area contributed by atoms with E-state index in [-0.39, 0.29) is 5.97 Å². The lowest BCUT2D eigenvalue weighted by Crippen LogP contribution is -2.39. The van der Waals surface area contributed by atoms with Crippen molar-refractivity contribution in [2.45, 2.75) is 39.3 Å². The van der Waals surface area contributed by atoms with Crippen molar-refractivity contribution in [1.82, 2.24) is 4.90 Å². The summed E-state index contributed by atoms with van der Waals surface area (Å²) in [5, 5.41) is 0. The maximum atomic E-state index is 11.8. The van der Waals surface area contributed by atoms with Crippen molar-refractivity contribution in [3.05, 3.63) is 29.3 Å². The molecule has 0 aromatic heterocycles. The van der Waals surface area contributed by atoms with Gasteiger partial charge in [-0.05, 0) is 51.9 Å². The smallest absolute Gasteiger partial charge is 0.338 e. The molecule has 4 heteroatoms. The van der Waals surface area contributed by atoms with Crippen molar-refractivity contribution in [2.24, 2.45) is 0 Å². The Morgan fingerprint density at radius 3 is 2.76 bits per heavy atom. The summed E-state index contributed by atoms with van der Waals surface area (Å²) >= 11 is 0. The van der Waals surface area contributed by atoms with Crippen LogP contribution in [0.2, 0.25) is 0 Å². The standard InChI is InChI=1S/C17H26N2O2/c1-12(2)18(4)14-9-10-19(11-14)16-8-6-7-15(13(16)3)17(20)21-5/h6-8,12,14H,9-11H2,1-5H3. The Morgan fingerprint density at radius 1 is 1.43 bits per heavy atom. The van der Waals surface area contributed by atoms with Crippen LogP contribution in [-0.2, 0) is 4.74 Å². The van der Waals surface area contributed by atoms with E-state index in [0.717, 1.165) is 30.8 Å². The Balaban J connectivity index is 2.19. The average Bonchev–Trinajstić information content (AvgIpc) is 2.95. The Hall–Kier alpha value is -1.55. The molecule has 1 saturated heterocycles. The molecule has 0 N–H and O–H groups in total. The van der Waals surface area contributed by atoms with Crippen molar-refractivity contribution in [3.63, 3.8) is 0 Å². The molecule has 1 heterocycles. The molecule has 1 aromatic rings. The third-order valence-electron chi connectivity index (χ3n) is 4.61. The van der Waals surface area contributed by atoms with Crippen LogP contribution < -0.4 is 4.90 Å². The molecule has 1 atom stereocenters. The molecule has 0 spiro atoms. The van der Waals surface area contributed by atoms with E-state index in [9.17, 15) is 4.79 Å². The molecular weight excluding hydrogens is 264 g/mol. The molecule has 1 aliphatic heterocycles. The van der Waals surface area contributed by atoms with Crippen LogP contribution in [-0.4, -0.2) is 50.2 Å². The van der Waals surface area contributed by atoms with Crippen LogP contribution in [0.25, 0.3) is 0 Å². The Bertz CT molecular complexity index is 514. The third-order valence-corrected chi connectivity index (χ3v) is 4.61. The second kappa shape index (κ2) is 6.48. The number of ether oxygens (including phenoxy) is 1. The highest BCUT2D eigenvalue weighted by Gasteiger charge is 2.28. The number of carbonyl (C=O) groups is 1. The predicted octanol–water partition coefficient (Wildman–Crippen LogP) is 2.70. The Labute approximate surface area is 127 Å². The lowest BCUT2D eigenvalue weighted by molar-refractivity contribution is 0.0600. The zero-order valence-corrected chi connectivity index (χ0v) is 13.7. The SMILES string of the molecule is COC(=O)c1cccc(N2CCC(N(C)C(C)C)C2)c1C. The third kappa shape index (κ3) is 3.21. The highest BCUT2D eigenvalue weighted by molar-refractivity contribution is 5.92. The number of anilines is 1. The molecule has 0 radical (unpaired) electrons. The molecule has 0 saturated carbocycles. The molecule has 116 valence electrons. The Morgan fingerprint density at radius 2 is 2.14 bits per heavy atom. The molecule has 1 aliphatic rings. The fourth-order valence-electron chi connectivity index (χ4n) is 3.01. The van der Waals surface area contributed by atoms with E-state index < -0.39 is 0 Å². The molecule has 0 amide bonds. The monoisotopic (exact) mass is 290 g/mol. The van der Waals surface area contributed by atoms with Gasteiger partial charge in [-0.25, -0.2) is 4.79 Å². The molecule has 2 rings (SSSR count). The first kappa shape index (κ1) is 15.8. The van der Waals surface area contributed by atoms with Crippen LogP contribution in [0.15, 0.2) is 18.2 Å². The quantitative estimate of drug-likeness (QED) is 0.798. The number of benzene rings is 1. The zero-order valence-electron chi connectivity index (χ0n) is 13.7. The van der Waals surface area contributed by atoms with Crippen LogP contribution in [0.3, 0.4) is 0 Å². The maximum absolute atomic E-state index is 11.8. The summed E-state index contributed by atoms with van der Waals surface area (Å²) in [6.45, 7) is 8.51. The molecule has 4 nitrogen and oxygen atoms in total. The van der Waals surface area contributed by atoms with Gasteiger partial charge >= 0.3 is 5.97 Å². The van der Waals surface area contributed by atoms with Crippen LogP contribution in [0.4, 0.5) is 5.69 Å². The highest BCUT2D eigenvalue weighted by atomic mass is 16.5. The predicted molar refractivity (Wildman–Crippen MR) is 86.0 cm³/mol. The highest BCUT2D eigenvalue weighted by Crippen LogP contribution is 2.28. The van der Waals surface area contributed by atoms with Gasteiger partial charge in [-0.15, -0.1) is 0 Å². The summed E-state index contributed by atoms with van der Waals surface area (Å²) in [6.07, 6.45) is 1.16. The molecular formula is C17H26N2O2. The van der Waals surface area contributed by atoms with E-state index in [1.54, 1.807) is 0 Å². The Kier molecular flexibility index (Phi) is 4.88. The number of esters is 1. The van der Waals surface area contributed by atoms with Crippen molar-refractivity contribution >= 4 is 11.7 Å². The van der Waals surface area contributed by atoms with Crippen LogP contribution in [0.5, 0.6) is 0 Å². The fraction of sp³-hybridized carbons (Fsp3) is 0.588. The number of nitrogens with zero attached hydrogens (tertiary/aromatic N) is 2. The largest absolute Gasteiger partial charge is 0.465 e. The van der Waals surface area contributed by atoms with Gasteiger partial charge in [0.2, 0.25) is 0 Å². The van der Waals surface area contributed by atoms with Crippen molar-refractivity contribution in [3.8, 4) is 0 Å². The number of hydrogen-bond acceptors (Lipinski definition) is 4. The van der Waals surface area contributed by atoms with Gasteiger partial charge in [0.15, 0.2) is 0 Å². The second-order valence-electron chi connectivity index (χ2n) is 6.09. The zero-order chi connectivity index (χ0) is 15.6. The van der Waals surface area contributed by atoms with Crippen molar-refractivity contribution in [2.75, 3.05) is 32.1 Å². The minimum atomic E-state index is -0.260. The van der Waals surface area contributed by atoms with Gasteiger partial charge in [-0.3, -0.25) is 4.90 Å². The summed E-state index contributed by atoms with van der Waals surface area (Å²) in [7, 11) is 3.62. The second-order valence-corrected chi connectivity index (χ2v) is 6.09. The van der Waals surface area contributed by atoms with Crippen molar-refractivity contribution in [1.29, 1.82) is 0 Å². The minimum Gasteiger partial charge on any atom is -0.465 e. The van der Waals surface area contributed by atoms with E-state index >= 15 is 0 Å². The molecule has 0 aliphatic carbocycles. The van der Waals surface area contributed by atoms with Gasteiger partial charge in [0.25, 0.3) is 0 Å². The lowest BCUT2D eigenvalue weighted by atomic mass is 10.1.